The molecule has 546 valence electrons. The number of aliphatic hydroxyl groups is 1. The number of ether oxygens (including phenoxy) is 6. The number of nitrogens with one attached hydrogen (secondary N) is 3. The van der Waals surface area contributed by atoms with Gasteiger partial charge in [-0.1, -0.05) is 72.7 Å². The van der Waals surface area contributed by atoms with Crippen molar-refractivity contribution in [2.45, 2.75) is 157 Å². The number of carbonyl (C=O) groups excluding carboxylic acids is 8. The summed E-state index contributed by atoms with van der Waals surface area (Å²) in [5, 5.41) is 20.6. The Hall–Kier alpha value is -7.24. The Kier molecular flexibility index (Phi) is 26.5. The van der Waals surface area contributed by atoms with Crippen molar-refractivity contribution in [1.29, 1.82) is 0 Å². The van der Waals surface area contributed by atoms with Crippen LogP contribution in [-0.2, 0) is 70.4 Å². The number of rotatable bonds is 22. The van der Waals surface area contributed by atoms with Crippen LogP contribution in [0.3, 0.4) is 0 Å². The van der Waals surface area contributed by atoms with E-state index < -0.39 is 75.0 Å². The van der Waals surface area contributed by atoms with Gasteiger partial charge in [-0.15, -0.1) is 23.5 Å². The van der Waals surface area contributed by atoms with Gasteiger partial charge in [-0.25, -0.2) is 19.6 Å². The number of anilines is 1. The molecule has 3 aromatic rings. The summed E-state index contributed by atoms with van der Waals surface area (Å²) in [7, 11) is 4.54. The number of allylic oxidation sites excluding steroid dienone is 10. The lowest BCUT2D eigenvalue weighted by molar-refractivity contribution is -0.162. The van der Waals surface area contributed by atoms with E-state index in [0.717, 1.165) is 28.1 Å². The smallest absolute Gasteiger partial charge is 0.409 e. The van der Waals surface area contributed by atoms with E-state index in [1.165, 1.54) is 42.6 Å². The minimum atomic E-state index is -1.63. The summed E-state index contributed by atoms with van der Waals surface area (Å²) < 4.78 is 33.8. The van der Waals surface area contributed by atoms with Crippen LogP contribution in [0, 0.1) is 11.8 Å². The number of amides is 7. The standard InChI is InChI=1S/C73H94ClN9O15S3/c1-44-17-15-16-26-73(92)40-58(96-69(91)80-73)45(2)65-71(6,98-65)59(39-62(86)82(9)56-36-47(35-44)37-57(93-10)64(56)74)97-68(90)46(3)81(8)61(85)25-34-99-43-63(87)83-28-22-48(23-29-83)67(89)79-51-19-14-12-11-13-18-50(51)72(7)70(4,5)100-41-54-55(42-101-72)78-53-38-49(20-21-52(53)77-54)66(88)76-27-31-95-33-32-94-30-24-60(75)84/h11-21,36-38,45-46,48,58-59,65,92H,22-35,39-43H2,1-10H3,(H2,75,84)(H,76,88)(H,79,89)(H,80,91)/b12-11?,13-11-,14-12-,16-15+,18-13?,19-14?,44-17+,50-18?,51-19?,51-50?/t45-,46+,58+,59+,65+,71+,72?,73-/m1/s1. The van der Waals surface area contributed by atoms with Gasteiger partial charge < -0.3 is 64.6 Å². The lowest BCUT2D eigenvalue weighted by Crippen LogP contribution is -2.57. The van der Waals surface area contributed by atoms with E-state index in [9.17, 15) is 43.5 Å². The summed E-state index contributed by atoms with van der Waals surface area (Å²) >= 11 is 11.6. The summed E-state index contributed by atoms with van der Waals surface area (Å²) in [4.78, 5) is 122. The number of aromatic nitrogens is 2. The maximum atomic E-state index is 14.5. The Morgan fingerprint density at radius 1 is 0.921 bits per heavy atom. The second-order valence-electron chi connectivity index (χ2n) is 27.1. The van der Waals surface area contributed by atoms with Gasteiger partial charge in [-0.3, -0.25) is 34.1 Å². The second kappa shape index (κ2) is 34.4. The quantitative estimate of drug-likeness (QED) is 0.0357. The number of carbonyl (C=O) groups is 8. The van der Waals surface area contributed by atoms with Gasteiger partial charge in [-0.2, -0.15) is 11.8 Å². The fourth-order valence-electron chi connectivity index (χ4n) is 12.8. The number of hydrogen-bond donors (Lipinski definition) is 5. The van der Waals surface area contributed by atoms with Crippen molar-refractivity contribution < 1.29 is 71.9 Å². The number of primary amides is 1. The number of benzene rings is 2. The number of likely N-dealkylation sites (N-methyl/N-ethyl adjacent to an activating group) is 1. The van der Waals surface area contributed by atoms with Crippen LogP contribution in [0.25, 0.3) is 11.0 Å². The zero-order valence-corrected chi connectivity index (χ0v) is 62.3. The van der Waals surface area contributed by atoms with Crippen molar-refractivity contribution in [3.63, 3.8) is 0 Å². The fourth-order valence-corrected chi connectivity index (χ4v) is 16.7. The number of alkyl carbamates (subject to hydrolysis) is 1. The number of esters is 1. The van der Waals surface area contributed by atoms with Crippen molar-refractivity contribution in [2.24, 2.45) is 17.6 Å². The first-order chi connectivity index (χ1) is 48.0. The van der Waals surface area contributed by atoms with Crippen LogP contribution < -0.4 is 31.3 Å². The number of fused-ring (bicyclic) bond motifs is 7. The number of epoxide rings is 1. The SMILES string of the molecule is COc1cc2cc(c1Cl)N(C)C(=O)C[C@H](OC(=O)[C@H](C)N(C)C(=O)CCSCC(=O)N1CCC(C(=O)NC3=C/C=C\C=C/C=C3C3(C)SCc4nc5cc(C(=O)NCCOCCOCCC(N)=O)ccc5nc4CSC3(C)C)CC1)[C@]1(C)O[C@H]1[C@H](C)[C@@H]1C[C@](O)(C/C=C/C=C(\C)C2)NC(=O)O1. The summed E-state index contributed by atoms with van der Waals surface area (Å²) in [6, 6.07) is 7.78. The average Bonchev–Trinajstić information content (AvgIpc) is 1.57. The molecule has 6 heterocycles. The monoisotopic (exact) mass is 1470 g/mol. The van der Waals surface area contributed by atoms with Gasteiger partial charge in [-0.05, 0) is 108 Å². The van der Waals surface area contributed by atoms with E-state index in [-0.39, 0.29) is 97.9 Å². The number of hydrogen-bond acceptors (Lipinski definition) is 20. The number of methoxy groups -OCH3 is 1. The molecule has 9 rings (SSSR count). The van der Waals surface area contributed by atoms with Crippen LogP contribution in [0.5, 0.6) is 5.75 Å². The molecule has 4 bridgehead atoms. The lowest BCUT2D eigenvalue weighted by atomic mass is 9.84. The molecule has 7 amide bonds. The summed E-state index contributed by atoms with van der Waals surface area (Å²) in [6.45, 7) is 15.8. The largest absolute Gasteiger partial charge is 0.495 e. The van der Waals surface area contributed by atoms with E-state index in [1.807, 2.05) is 49.4 Å². The van der Waals surface area contributed by atoms with E-state index in [1.54, 1.807) is 85.7 Å². The second-order valence-corrected chi connectivity index (χ2v) is 31.6. The molecule has 3 saturated heterocycles. The van der Waals surface area contributed by atoms with Gasteiger partial charge in [0.1, 0.15) is 40.3 Å². The predicted octanol–water partition coefficient (Wildman–Crippen LogP) is 8.60. The topological polar surface area (TPSA) is 313 Å². The molecule has 2 aromatic carbocycles. The number of halogens is 1. The van der Waals surface area contributed by atoms with Crippen LogP contribution >= 0.6 is 46.9 Å². The first-order valence-corrected chi connectivity index (χ1v) is 37.6. The van der Waals surface area contributed by atoms with Crippen LogP contribution in [-0.4, -0.2) is 196 Å². The first kappa shape index (κ1) is 77.9. The zero-order valence-electron chi connectivity index (χ0n) is 59.1. The molecule has 28 heteroatoms. The van der Waals surface area contributed by atoms with Crippen molar-refractivity contribution >= 4 is 111 Å². The van der Waals surface area contributed by atoms with Crippen LogP contribution in [0.4, 0.5) is 10.5 Å². The Bertz CT molecular complexity index is 3820. The molecule has 101 heavy (non-hydrogen) atoms. The third-order valence-electron chi connectivity index (χ3n) is 19.7. The van der Waals surface area contributed by atoms with Gasteiger partial charge >= 0.3 is 12.1 Å². The summed E-state index contributed by atoms with van der Waals surface area (Å²) in [5.41, 5.74) is 9.36. The van der Waals surface area contributed by atoms with Gasteiger partial charge in [0.25, 0.3) is 5.91 Å². The highest BCUT2D eigenvalue weighted by atomic mass is 35.5. The predicted molar refractivity (Wildman–Crippen MR) is 391 cm³/mol. The number of piperidine rings is 1. The van der Waals surface area contributed by atoms with Gasteiger partial charge in [0.2, 0.25) is 29.5 Å². The van der Waals surface area contributed by atoms with Gasteiger partial charge in [0, 0.05) is 105 Å². The maximum Gasteiger partial charge on any atom is 0.409 e. The molecular formula is C73H94ClN9O15S3. The minimum absolute atomic E-state index is 0.00346. The Morgan fingerprint density at radius 2 is 1.62 bits per heavy atom. The third kappa shape index (κ3) is 19.5. The molecule has 0 spiro atoms. The molecule has 6 aliphatic rings. The maximum absolute atomic E-state index is 14.5. The molecule has 1 aliphatic carbocycles. The molecule has 3 fully saturated rings. The highest BCUT2D eigenvalue weighted by Gasteiger charge is 2.64. The third-order valence-corrected chi connectivity index (χ3v) is 24.4. The molecular weight excluding hydrogens is 1370 g/mol. The number of likely N-dealkylation sites (tertiary alicyclic amines) is 1. The average molecular weight is 1470 g/mol. The van der Waals surface area contributed by atoms with Crippen molar-refractivity contribution in [3.05, 3.63) is 129 Å². The van der Waals surface area contributed by atoms with Crippen LogP contribution in [0.15, 0.2) is 102 Å². The van der Waals surface area contributed by atoms with Crippen LogP contribution in [0.2, 0.25) is 5.02 Å². The molecule has 5 aliphatic heterocycles. The Balaban J connectivity index is 0.763. The molecule has 0 saturated carbocycles. The van der Waals surface area contributed by atoms with E-state index in [0.29, 0.717) is 90.8 Å². The van der Waals surface area contributed by atoms with Crippen LogP contribution in [0.1, 0.15) is 121 Å². The minimum Gasteiger partial charge on any atom is -0.495 e. The number of thioether (sulfide) groups is 3. The number of nitrogens with zero attached hydrogens (tertiary/aromatic N) is 5. The van der Waals surface area contributed by atoms with E-state index in [4.69, 9.17) is 55.7 Å². The Labute approximate surface area is 608 Å². The van der Waals surface area contributed by atoms with Gasteiger partial charge in [0.05, 0.1) is 84.7 Å². The molecule has 1 aromatic heterocycles. The normalized spacial score (nSPS) is 26.5. The fraction of sp³-hybridized carbons (Fsp3) is 0.534. The Morgan fingerprint density at radius 3 is 2.35 bits per heavy atom. The highest BCUT2D eigenvalue weighted by Crippen LogP contribution is 2.54. The van der Waals surface area contributed by atoms with Crippen molar-refractivity contribution in [1.82, 2.24) is 35.7 Å². The lowest BCUT2D eigenvalue weighted by Gasteiger charge is -2.47. The summed E-state index contributed by atoms with van der Waals surface area (Å²) in [5.74, 6) is -1.66. The zero-order chi connectivity index (χ0) is 73.0. The summed E-state index contributed by atoms with van der Waals surface area (Å²) in [6.07, 6.45) is 15.0. The molecule has 1 unspecified atom stereocenters. The molecule has 8 atom stereocenters. The number of nitrogens with two attached hydrogens (primary N) is 1. The molecule has 6 N–H and O–H groups in total. The molecule has 0 radical (unpaired) electrons. The van der Waals surface area contributed by atoms with Crippen molar-refractivity contribution in [2.75, 3.05) is 83.7 Å². The van der Waals surface area contributed by atoms with Crippen molar-refractivity contribution in [3.8, 4) is 5.75 Å². The van der Waals surface area contributed by atoms with Gasteiger partial charge in [0.15, 0.2) is 0 Å². The van der Waals surface area contributed by atoms with E-state index >= 15 is 0 Å². The van der Waals surface area contributed by atoms with E-state index in [2.05, 4.69) is 42.8 Å². The first-order valence-electron chi connectivity index (χ1n) is 34.1. The molecule has 24 nitrogen and oxygen atoms in total. The highest BCUT2D eigenvalue weighted by molar-refractivity contribution is 8.04.